The monoisotopic (exact) mass is 216 g/mol. The molecule has 0 aromatic heterocycles. The second-order valence-electron chi connectivity index (χ2n) is 5.15. The summed E-state index contributed by atoms with van der Waals surface area (Å²) >= 11 is 0. The van der Waals surface area contributed by atoms with E-state index < -0.39 is 0 Å². The molecule has 0 spiro atoms. The first-order chi connectivity index (χ1) is 7.84. The quantitative estimate of drug-likeness (QED) is 0.779. The number of likely N-dealkylation sites (tertiary alicyclic amines) is 1. The summed E-state index contributed by atoms with van der Waals surface area (Å²) in [5, 5.41) is 0. The highest BCUT2D eigenvalue weighted by Crippen LogP contribution is 2.35. The lowest BCUT2D eigenvalue weighted by Crippen LogP contribution is -2.32. The van der Waals surface area contributed by atoms with Gasteiger partial charge in [-0.3, -0.25) is 4.90 Å². The van der Waals surface area contributed by atoms with E-state index in [4.69, 9.17) is 5.73 Å². The molecular formula is C14H20N2. The van der Waals surface area contributed by atoms with Gasteiger partial charge in [0.05, 0.1) is 0 Å². The molecule has 86 valence electrons. The normalized spacial score (nSPS) is 30.3. The van der Waals surface area contributed by atoms with E-state index in [1.54, 1.807) is 11.1 Å². The van der Waals surface area contributed by atoms with Gasteiger partial charge in [0.15, 0.2) is 0 Å². The second-order valence-corrected chi connectivity index (χ2v) is 5.15. The Morgan fingerprint density at radius 1 is 1.19 bits per heavy atom. The average Bonchev–Trinajstić information content (AvgIpc) is 2.75. The zero-order valence-corrected chi connectivity index (χ0v) is 9.73. The molecule has 1 heterocycles. The molecule has 1 aliphatic carbocycles. The number of aryl methyl sites for hydroxylation is 1. The largest absolute Gasteiger partial charge is 0.326 e. The third-order valence-corrected chi connectivity index (χ3v) is 4.03. The lowest BCUT2D eigenvalue weighted by atomic mass is 9.87. The summed E-state index contributed by atoms with van der Waals surface area (Å²) in [6.07, 6.45) is 5.06. The summed E-state index contributed by atoms with van der Waals surface area (Å²) in [4.78, 5) is 2.59. The predicted molar refractivity (Wildman–Crippen MR) is 66.3 cm³/mol. The molecule has 2 nitrogen and oxygen atoms in total. The minimum Gasteiger partial charge on any atom is -0.326 e. The van der Waals surface area contributed by atoms with Crippen LogP contribution in [-0.4, -0.2) is 24.0 Å². The number of hydrogen-bond acceptors (Lipinski definition) is 2. The van der Waals surface area contributed by atoms with Gasteiger partial charge in [0, 0.05) is 25.2 Å². The molecular weight excluding hydrogens is 196 g/mol. The molecule has 1 saturated heterocycles. The van der Waals surface area contributed by atoms with Crippen molar-refractivity contribution in [1.29, 1.82) is 0 Å². The maximum Gasteiger partial charge on any atom is 0.0351 e. The van der Waals surface area contributed by atoms with E-state index in [2.05, 4.69) is 29.2 Å². The lowest BCUT2D eigenvalue weighted by Gasteiger charge is -2.33. The maximum absolute atomic E-state index is 6.01. The van der Waals surface area contributed by atoms with Gasteiger partial charge in [-0.2, -0.15) is 0 Å². The third-order valence-electron chi connectivity index (χ3n) is 4.03. The van der Waals surface area contributed by atoms with E-state index in [0.29, 0.717) is 12.1 Å². The van der Waals surface area contributed by atoms with E-state index >= 15 is 0 Å². The predicted octanol–water partition coefficient (Wildman–Crippen LogP) is 2.10. The Morgan fingerprint density at radius 2 is 2.06 bits per heavy atom. The highest BCUT2D eigenvalue weighted by Gasteiger charge is 2.29. The van der Waals surface area contributed by atoms with Crippen molar-refractivity contribution < 1.29 is 0 Å². The van der Waals surface area contributed by atoms with Crippen molar-refractivity contribution in [3.05, 3.63) is 35.4 Å². The standard InChI is InChI=1S/C14H20N2/c15-12-8-9-16(10-12)14-7-3-5-11-4-1-2-6-13(11)14/h1-2,4,6,12,14H,3,5,7-10,15H2. The van der Waals surface area contributed by atoms with Gasteiger partial charge in [0.25, 0.3) is 0 Å². The maximum atomic E-state index is 6.01. The first-order valence-electron chi connectivity index (χ1n) is 6.42. The number of rotatable bonds is 1. The van der Waals surface area contributed by atoms with E-state index in [1.807, 2.05) is 0 Å². The summed E-state index contributed by atoms with van der Waals surface area (Å²) in [6, 6.07) is 9.97. The van der Waals surface area contributed by atoms with E-state index in [9.17, 15) is 0 Å². The fourth-order valence-corrected chi connectivity index (χ4v) is 3.21. The van der Waals surface area contributed by atoms with Gasteiger partial charge in [-0.25, -0.2) is 0 Å². The molecule has 1 aromatic carbocycles. The molecule has 2 N–H and O–H groups in total. The summed E-state index contributed by atoms with van der Waals surface area (Å²) in [7, 11) is 0. The van der Waals surface area contributed by atoms with Crippen molar-refractivity contribution in [2.45, 2.75) is 37.8 Å². The number of benzene rings is 1. The van der Waals surface area contributed by atoms with Crippen LogP contribution in [0.3, 0.4) is 0 Å². The minimum atomic E-state index is 0.397. The van der Waals surface area contributed by atoms with Gasteiger partial charge in [0.2, 0.25) is 0 Å². The van der Waals surface area contributed by atoms with Crippen molar-refractivity contribution >= 4 is 0 Å². The Kier molecular flexibility index (Phi) is 2.70. The van der Waals surface area contributed by atoms with Crippen LogP contribution < -0.4 is 5.73 Å². The molecule has 2 unspecified atom stereocenters. The van der Waals surface area contributed by atoms with E-state index in [1.165, 1.54) is 32.2 Å². The SMILES string of the molecule is NC1CCN(C2CCCc3ccccc32)C1. The highest BCUT2D eigenvalue weighted by molar-refractivity contribution is 5.32. The van der Waals surface area contributed by atoms with Crippen LogP contribution >= 0.6 is 0 Å². The van der Waals surface area contributed by atoms with Crippen molar-refractivity contribution in [2.75, 3.05) is 13.1 Å². The van der Waals surface area contributed by atoms with Crippen LogP contribution in [-0.2, 0) is 6.42 Å². The fourth-order valence-electron chi connectivity index (χ4n) is 3.21. The van der Waals surface area contributed by atoms with Crippen molar-refractivity contribution in [1.82, 2.24) is 4.90 Å². The first kappa shape index (κ1) is 10.3. The smallest absolute Gasteiger partial charge is 0.0351 e. The molecule has 0 bridgehead atoms. The first-order valence-corrected chi connectivity index (χ1v) is 6.42. The zero-order valence-electron chi connectivity index (χ0n) is 9.73. The van der Waals surface area contributed by atoms with Crippen LogP contribution in [0.2, 0.25) is 0 Å². The topological polar surface area (TPSA) is 29.3 Å². The third kappa shape index (κ3) is 1.76. The Labute approximate surface area is 97.4 Å². The summed E-state index contributed by atoms with van der Waals surface area (Å²) < 4.78 is 0. The van der Waals surface area contributed by atoms with E-state index in [-0.39, 0.29) is 0 Å². The molecule has 16 heavy (non-hydrogen) atoms. The minimum absolute atomic E-state index is 0.397. The van der Waals surface area contributed by atoms with Gasteiger partial charge in [-0.05, 0) is 36.8 Å². The van der Waals surface area contributed by atoms with Crippen LogP contribution in [0.5, 0.6) is 0 Å². The Morgan fingerprint density at radius 3 is 2.88 bits per heavy atom. The van der Waals surface area contributed by atoms with Crippen molar-refractivity contribution in [3.63, 3.8) is 0 Å². The van der Waals surface area contributed by atoms with Gasteiger partial charge in [-0.15, -0.1) is 0 Å². The van der Waals surface area contributed by atoms with Gasteiger partial charge in [0.1, 0.15) is 0 Å². The number of nitrogens with zero attached hydrogens (tertiary/aromatic N) is 1. The van der Waals surface area contributed by atoms with Gasteiger partial charge in [-0.1, -0.05) is 24.3 Å². The Hall–Kier alpha value is -0.860. The summed E-state index contributed by atoms with van der Waals surface area (Å²) in [5.41, 5.74) is 9.12. The molecule has 3 rings (SSSR count). The summed E-state index contributed by atoms with van der Waals surface area (Å²) in [5.74, 6) is 0. The van der Waals surface area contributed by atoms with Crippen LogP contribution in [0.4, 0.5) is 0 Å². The lowest BCUT2D eigenvalue weighted by molar-refractivity contribution is 0.219. The zero-order chi connectivity index (χ0) is 11.0. The molecule has 1 aliphatic heterocycles. The molecule has 1 aromatic rings. The Bertz CT molecular complexity index is 375. The van der Waals surface area contributed by atoms with Crippen LogP contribution in [0.1, 0.15) is 36.4 Å². The van der Waals surface area contributed by atoms with E-state index in [0.717, 1.165) is 6.54 Å². The number of nitrogens with two attached hydrogens (primary N) is 1. The van der Waals surface area contributed by atoms with Gasteiger partial charge >= 0.3 is 0 Å². The van der Waals surface area contributed by atoms with Crippen molar-refractivity contribution in [3.8, 4) is 0 Å². The highest BCUT2D eigenvalue weighted by atomic mass is 15.2. The Balaban J connectivity index is 1.87. The number of hydrogen-bond donors (Lipinski definition) is 1. The molecule has 1 fully saturated rings. The molecule has 0 radical (unpaired) electrons. The summed E-state index contributed by atoms with van der Waals surface area (Å²) in [6.45, 7) is 2.26. The molecule has 2 aliphatic rings. The molecule has 0 amide bonds. The van der Waals surface area contributed by atoms with Gasteiger partial charge < -0.3 is 5.73 Å². The number of fused-ring (bicyclic) bond motifs is 1. The fraction of sp³-hybridized carbons (Fsp3) is 0.571. The average molecular weight is 216 g/mol. The van der Waals surface area contributed by atoms with Crippen LogP contribution in [0, 0.1) is 0 Å². The second kappa shape index (κ2) is 4.19. The molecule has 0 saturated carbocycles. The van der Waals surface area contributed by atoms with Crippen molar-refractivity contribution in [2.24, 2.45) is 5.73 Å². The molecule has 2 atom stereocenters. The van der Waals surface area contributed by atoms with Crippen LogP contribution in [0.15, 0.2) is 24.3 Å². The van der Waals surface area contributed by atoms with Crippen LogP contribution in [0.25, 0.3) is 0 Å². The molecule has 2 heteroatoms.